The Hall–Kier alpha value is -6.39. The third-order valence-electron chi connectivity index (χ3n) is 10.4. The molecule has 330 valence electrons. The Morgan fingerprint density at radius 2 is 0.523 bits per heavy atom. The summed E-state index contributed by atoms with van der Waals surface area (Å²) in [6, 6.07) is 28.4. The van der Waals surface area contributed by atoms with E-state index in [0.29, 0.717) is 89.4 Å². The molecular formula is C44H28N4NiO12S4. The van der Waals surface area contributed by atoms with Crippen molar-refractivity contribution in [3.63, 3.8) is 0 Å². The Bertz CT molecular complexity index is 3620. The third kappa shape index (κ3) is 8.89. The SMILES string of the molecule is O=S(=O)(O)c1ccc(-c2c3nc(c(-c4ccc(S(=O)(=O)O)cc4)c4ccc([n-]4)c(-c4ccc(S(=O)(=O)O)cc4)c4ccc([n-]4)c(-c4ccc(S(=O)(=O)O)cc4)c4nc2C=C4)C=C3)cc1.[Ni+2]. The van der Waals surface area contributed by atoms with Gasteiger partial charge in [0.2, 0.25) is 0 Å². The zero-order chi connectivity index (χ0) is 45.3. The number of nitrogens with zero attached hydrogens (tertiary/aromatic N) is 4. The molecule has 0 saturated carbocycles. The van der Waals surface area contributed by atoms with Crippen LogP contribution in [0.4, 0.5) is 0 Å². The summed E-state index contributed by atoms with van der Waals surface area (Å²) in [5.41, 5.74) is 6.28. The van der Waals surface area contributed by atoms with Gasteiger partial charge in [-0.1, -0.05) is 72.8 Å². The molecule has 4 N–H and O–H groups in total. The van der Waals surface area contributed by atoms with Gasteiger partial charge in [0.15, 0.2) is 0 Å². The predicted molar refractivity (Wildman–Crippen MR) is 238 cm³/mol. The van der Waals surface area contributed by atoms with Gasteiger partial charge in [-0.2, -0.15) is 33.7 Å². The summed E-state index contributed by atoms with van der Waals surface area (Å²) < 4.78 is 135. The quantitative estimate of drug-likeness (QED) is 0.0844. The Balaban J connectivity index is 0.00000576. The average molecular weight is 992 g/mol. The Morgan fingerprint density at radius 1 is 0.308 bits per heavy atom. The van der Waals surface area contributed by atoms with E-state index in [0.717, 1.165) is 0 Å². The molecule has 4 aromatic carbocycles. The fourth-order valence-corrected chi connectivity index (χ4v) is 9.36. The zero-order valence-electron chi connectivity index (χ0n) is 32.6. The third-order valence-corrected chi connectivity index (χ3v) is 13.8. The molecule has 21 heteroatoms. The van der Waals surface area contributed by atoms with Gasteiger partial charge in [-0.25, -0.2) is 9.97 Å². The second kappa shape index (κ2) is 16.6. The van der Waals surface area contributed by atoms with Crippen LogP contribution < -0.4 is 9.97 Å². The van der Waals surface area contributed by atoms with Gasteiger partial charge in [-0.15, -0.1) is 22.1 Å². The molecule has 16 nitrogen and oxygen atoms in total. The van der Waals surface area contributed by atoms with Crippen LogP contribution in [0.1, 0.15) is 22.8 Å². The molecule has 0 aliphatic carbocycles. The number of hydrogen-bond donors (Lipinski definition) is 4. The van der Waals surface area contributed by atoms with Crippen molar-refractivity contribution in [2.45, 2.75) is 19.6 Å². The fraction of sp³-hybridized carbons (Fsp3) is 0. The molecule has 7 aromatic rings. The van der Waals surface area contributed by atoms with E-state index in [2.05, 4.69) is 0 Å². The summed E-state index contributed by atoms with van der Waals surface area (Å²) in [4.78, 5) is 18.7. The molecule has 0 radical (unpaired) electrons. The molecule has 2 aliphatic heterocycles. The number of aromatic nitrogens is 4. The van der Waals surface area contributed by atoms with E-state index in [4.69, 9.17) is 19.9 Å². The summed E-state index contributed by atoms with van der Waals surface area (Å²) in [6.45, 7) is 0. The van der Waals surface area contributed by atoms with Crippen molar-refractivity contribution in [3.8, 4) is 44.5 Å². The van der Waals surface area contributed by atoms with Gasteiger partial charge in [0, 0.05) is 5.56 Å². The second-order valence-electron chi connectivity index (χ2n) is 14.4. The van der Waals surface area contributed by atoms with Crippen LogP contribution in [-0.4, -0.2) is 61.9 Å². The number of rotatable bonds is 8. The van der Waals surface area contributed by atoms with E-state index < -0.39 is 40.5 Å². The standard InChI is InChI=1S/C44H28N4O12S4.Ni/c49-61(50,51)29-9-1-25(2-10-29)41-33-17-19-35(45-33)42(26-3-11-30(12-4-26)62(52,53)54)37-21-23-39(47-37)44(28-7-15-32(16-8-28)64(58,59)60)40-24-22-38(48-40)43(36-20-18-34(41)46-36)27-5-13-31(14-6-27)63(55,56)57;/h1-24H,(H,49,50,51)(H,52,53,54)(H,55,56,57)(H,58,59,60);/q-2;+2. The molecule has 9 rings (SSSR count). The van der Waals surface area contributed by atoms with E-state index >= 15 is 0 Å². The van der Waals surface area contributed by atoms with E-state index in [9.17, 15) is 51.9 Å². The molecule has 65 heavy (non-hydrogen) atoms. The predicted octanol–water partition coefficient (Wildman–Crippen LogP) is 7.57. The van der Waals surface area contributed by atoms with Crippen LogP contribution in [0.25, 0.3) is 90.9 Å². The fourth-order valence-electron chi connectivity index (χ4n) is 7.44. The van der Waals surface area contributed by atoms with Crippen LogP contribution >= 0.6 is 0 Å². The molecule has 2 aliphatic rings. The minimum absolute atomic E-state index is 0. The molecule has 0 unspecified atom stereocenters. The van der Waals surface area contributed by atoms with Gasteiger partial charge in [-0.05, 0) is 112 Å². The first kappa shape index (κ1) is 45.2. The Kier molecular flexibility index (Phi) is 11.5. The van der Waals surface area contributed by atoms with E-state index in [-0.39, 0.29) is 36.1 Å². The summed E-state index contributed by atoms with van der Waals surface area (Å²) in [5.74, 6) is 0. The molecule has 3 aromatic heterocycles. The molecule has 0 spiro atoms. The molecular weight excluding hydrogens is 963 g/mol. The normalized spacial score (nSPS) is 12.9. The molecule has 0 atom stereocenters. The Morgan fingerprint density at radius 3 is 0.785 bits per heavy atom. The summed E-state index contributed by atoms with van der Waals surface area (Å²) in [6.07, 6.45) is 6.79. The van der Waals surface area contributed by atoms with Gasteiger partial charge < -0.3 is 9.97 Å². The van der Waals surface area contributed by atoms with Gasteiger partial charge in [0.05, 0.1) is 42.4 Å². The minimum Gasteiger partial charge on any atom is -0.657 e. The van der Waals surface area contributed by atoms with Crippen molar-refractivity contribution < 1.29 is 68.4 Å². The van der Waals surface area contributed by atoms with Crippen LogP contribution in [0.3, 0.4) is 0 Å². The smallest absolute Gasteiger partial charge is 0.657 e. The number of benzene rings is 4. The maximum atomic E-state index is 12.0. The van der Waals surface area contributed by atoms with Crippen LogP contribution in [0, 0.1) is 0 Å². The summed E-state index contributed by atoms with van der Waals surface area (Å²) in [5, 5.41) is 0. The molecule has 0 amide bonds. The number of fused-ring (bicyclic) bond motifs is 8. The maximum Gasteiger partial charge on any atom is 2.00 e. The van der Waals surface area contributed by atoms with E-state index in [1.165, 1.54) is 97.1 Å². The van der Waals surface area contributed by atoms with Crippen molar-refractivity contribution in [1.82, 2.24) is 19.9 Å². The summed E-state index contributed by atoms with van der Waals surface area (Å²) in [7, 11) is -18.2. The van der Waals surface area contributed by atoms with E-state index in [1.54, 1.807) is 48.6 Å². The van der Waals surface area contributed by atoms with Gasteiger partial charge in [0.25, 0.3) is 40.5 Å². The van der Waals surface area contributed by atoms with Gasteiger partial charge in [-0.3, -0.25) is 18.2 Å². The van der Waals surface area contributed by atoms with Crippen molar-refractivity contribution >= 4 is 86.8 Å². The van der Waals surface area contributed by atoms with Gasteiger partial charge in [0.1, 0.15) is 0 Å². The Labute approximate surface area is 381 Å². The van der Waals surface area contributed by atoms with Crippen LogP contribution in [0.15, 0.2) is 141 Å². The molecule has 8 bridgehead atoms. The number of hydrogen-bond acceptors (Lipinski definition) is 10. The minimum atomic E-state index is -4.56. The molecule has 0 saturated heterocycles. The second-order valence-corrected chi connectivity index (χ2v) is 20.0. The van der Waals surface area contributed by atoms with Crippen LogP contribution in [-0.2, 0) is 57.0 Å². The molecule has 5 heterocycles. The monoisotopic (exact) mass is 990 g/mol. The first-order valence-corrected chi connectivity index (χ1v) is 24.4. The molecule has 0 fully saturated rings. The van der Waals surface area contributed by atoms with Crippen LogP contribution in [0.5, 0.6) is 0 Å². The summed E-state index contributed by atoms with van der Waals surface area (Å²) >= 11 is 0. The van der Waals surface area contributed by atoms with Crippen molar-refractivity contribution in [3.05, 3.63) is 144 Å². The largest absolute Gasteiger partial charge is 2.00 e. The topological polar surface area (TPSA) is 271 Å². The van der Waals surface area contributed by atoms with E-state index in [1.807, 2.05) is 0 Å². The first-order chi connectivity index (χ1) is 30.2. The maximum absolute atomic E-state index is 12.0. The average Bonchev–Trinajstić information content (AvgIpc) is 4.08. The van der Waals surface area contributed by atoms with Gasteiger partial charge >= 0.3 is 16.5 Å². The van der Waals surface area contributed by atoms with Crippen molar-refractivity contribution in [1.29, 1.82) is 0 Å². The first-order valence-electron chi connectivity index (χ1n) is 18.6. The zero-order valence-corrected chi connectivity index (χ0v) is 36.9. The van der Waals surface area contributed by atoms with Crippen LogP contribution in [0.2, 0.25) is 0 Å². The van der Waals surface area contributed by atoms with Crippen molar-refractivity contribution in [2.24, 2.45) is 0 Å². The van der Waals surface area contributed by atoms with Crippen molar-refractivity contribution in [2.75, 3.05) is 0 Å².